The summed E-state index contributed by atoms with van der Waals surface area (Å²) in [5.41, 5.74) is -2.21. The largest absolute Gasteiger partial charge is 0.480 e. The van der Waals surface area contributed by atoms with E-state index in [-0.39, 0.29) is 25.4 Å². The Morgan fingerprint density at radius 3 is 2.29 bits per heavy atom. The van der Waals surface area contributed by atoms with Crippen molar-refractivity contribution in [3.8, 4) is 0 Å². The highest BCUT2D eigenvalue weighted by atomic mass is 16.6. The highest BCUT2D eigenvalue weighted by Crippen LogP contribution is 2.23. The Morgan fingerprint density at radius 1 is 1.11 bits per heavy atom. The van der Waals surface area contributed by atoms with Crippen molar-refractivity contribution < 1.29 is 33.8 Å². The normalized spacial score (nSPS) is 19.1. The number of ether oxygens (including phenoxy) is 2. The third-order valence-electron chi connectivity index (χ3n) is 4.38. The van der Waals surface area contributed by atoms with Gasteiger partial charge >= 0.3 is 18.2 Å². The van der Waals surface area contributed by atoms with Gasteiger partial charge in [-0.2, -0.15) is 0 Å². The van der Waals surface area contributed by atoms with Crippen LogP contribution in [-0.4, -0.2) is 64.8 Å². The summed E-state index contributed by atoms with van der Waals surface area (Å²) in [7, 11) is 0. The van der Waals surface area contributed by atoms with E-state index in [1.165, 1.54) is 0 Å². The number of ketones is 1. The maximum absolute atomic E-state index is 12.4. The summed E-state index contributed by atoms with van der Waals surface area (Å²) >= 11 is 0. The Morgan fingerprint density at radius 2 is 1.79 bits per heavy atom. The Kier molecular flexibility index (Phi) is 8.87. The molecule has 0 aliphatic carbocycles. The first kappa shape index (κ1) is 23.9. The van der Waals surface area contributed by atoms with Gasteiger partial charge in [-0.25, -0.2) is 19.3 Å². The number of imide groups is 1. The molecular weight excluding hydrogens is 368 g/mol. The number of aliphatic carboxylic acids is 1. The molecule has 1 heterocycles. The molecule has 1 atom stereocenters. The summed E-state index contributed by atoms with van der Waals surface area (Å²) in [4.78, 5) is 49.0. The van der Waals surface area contributed by atoms with Gasteiger partial charge in [-0.3, -0.25) is 10.1 Å². The van der Waals surface area contributed by atoms with Gasteiger partial charge in [0.2, 0.25) is 0 Å². The minimum atomic E-state index is -1.46. The van der Waals surface area contributed by atoms with Gasteiger partial charge < -0.3 is 14.6 Å². The van der Waals surface area contributed by atoms with Crippen LogP contribution in [0.15, 0.2) is 0 Å². The number of amides is 2. The number of carboxylic acids is 1. The zero-order valence-electron chi connectivity index (χ0n) is 17.2. The van der Waals surface area contributed by atoms with Gasteiger partial charge in [0.15, 0.2) is 11.3 Å². The average Bonchev–Trinajstić information content (AvgIpc) is 3.07. The topological polar surface area (TPSA) is 122 Å². The number of unbranched alkanes of at least 4 members (excludes halogenated alkanes) is 2. The molecule has 0 aromatic carbocycles. The molecule has 1 fully saturated rings. The average molecular weight is 400 g/mol. The van der Waals surface area contributed by atoms with Crippen molar-refractivity contribution in [3.63, 3.8) is 0 Å². The van der Waals surface area contributed by atoms with E-state index in [9.17, 15) is 24.3 Å². The molecule has 2 amide bonds. The Labute approximate surface area is 165 Å². The van der Waals surface area contributed by atoms with Gasteiger partial charge in [0, 0.05) is 13.0 Å². The molecule has 0 radical (unpaired) electrons. The first-order chi connectivity index (χ1) is 13.0. The second kappa shape index (κ2) is 10.4. The van der Waals surface area contributed by atoms with Gasteiger partial charge in [-0.1, -0.05) is 6.42 Å². The fourth-order valence-electron chi connectivity index (χ4n) is 3.00. The number of carbonyl (C=O) groups is 4. The van der Waals surface area contributed by atoms with Crippen LogP contribution in [0.5, 0.6) is 0 Å². The fraction of sp³-hybridized carbons (Fsp3) is 0.789. The zero-order valence-corrected chi connectivity index (χ0v) is 17.2. The molecule has 0 aromatic heterocycles. The minimum Gasteiger partial charge on any atom is -0.480 e. The van der Waals surface area contributed by atoms with E-state index < -0.39 is 29.3 Å². The van der Waals surface area contributed by atoms with Gasteiger partial charge in [-0.15, -0.1) is 0 Å². The predicted molar refractivity (Wildman–Crippen MR) is 101 cm³/mol. The molecule has 0 saturated carbocycles. The Balaban J connectivity index is 2.51. The summed E-state index contributed by atoms with van der Waals surface area (Å²) in [5.74, 6) is -1.46. The Hall–Kier alpha value is -2.16. The zero-order chi connectivity index (χ0) is 21.4. The van der Waals surface area contributed by atoms with Crippen molar-refractivity contribution >= 4 is 23.9 Å². The molecule has 9 nitrogen and oxygen atoms in total. The fourth-order valence-corrected chi connectivity index (χ4v) is 3.00. The molecule has 160 valence electrons. The molecule has 0 unspecified atom stereocenters. The van der Waals surface area contributed by atoms with Crippen LogP contribution in [0, 0.1) is 0 Å². The summed E-state index contributed by atoms with van der Waals surface area (Å²) in [6, 6.07) is 0. The predicted octanol–water partition coefficient (Wildman–Crippen LogP) is 2.72. The SMILES string of the molecule is CCOC(=O)N(CCCCCC(=O)[C@@]1(C(=O)O)CCCN1)C(=O)OC(C)(C)C. The summed E-state index contributed by atoms with van der Waals surface area (Å²) < 4.78 is 10.1. The molecule has 2 N–H and O–H groups in total. The monoisotopic (exact) mass is 400 g/mol. The lowest BCUT2D eigenvalue weighted by Gasteiger charge is -2.25. The highest BCUT2D eigenvalue weighted by Gasteiger charge is 2.47. The van der Waals surface area contributed by atoms with Crippen molar-refractivity contribution in [3.05, 3.63) is 0 Å². The molecule has 1 saturated heterocycles. The van der Waals surface area contributed by atoms with E-state index >= 15 is 0 Å². The smallest absolute Gasteiger partial charge is 0.419 e. The van der Waals surface area contributed by atoms with Gasteiger partial charge in [0.05, 0.1) is 6.61 Å². The van der Waals surface area contributed by atoms with E-state index in [2.05, 4.69) is 5.32 Å². The van der Waals surface area contributed by atoms with E-state index in [0.717, 1.165) is 4.90 Å². The number of carbonyl (C=O) groups excluding carboxylic acids is 3. The van der Waals surface area contributed by atoms with Crippen molar-refractivity contribution in [2.75, 3.05) is 19.7 Å². The third kappa shape index (κ3) is 6.78. The minimum absolute atomic E-state index is 0.101. The number of hydrogen-bond donors (Lipinski definition) is 2. The number of carboxylic acid groups (broad SMARTS) is 1. The summed E-state index contributed by atoms with van der Waals surface area (Å²) in [6.45, 7) is 7.51. The standard InChI is InChI=1S/C19H32N2O7/c1-5-27-16(25)21(17(26)28-18(2,3)4)13-8-6-7-10-14(22)19(15(23)24)11-9-12-20-19/h20H,5-13H2,1-4H3,(H,23,24)/t19-/m1/s1. The molecule has 9 heteroatoms. The van der Waals surface area contributed by atoms with Crippen LogP contribution < -0.4 is 5.32 Å². The van der Waals surface area contributed by atoms with Crippen LogP contribution in [0.3, 0.4) is 0 Å². The van der Waals surface area contributed by atoms with Crippen molar-refractivity contribution in [1.82, 2.24) is 10.2 Å². The number of Topliss-reactive ketones (excluding diaryl/α,β-unsaturated/α-hetero) is 1. The molecule has 0 bridgehead atoms. The van der Waals surface area contributed by atoms with Gasteiger partial charge in [0.1, 0.15) is 5.60 Å². The first-order valence-corrected chi connectivity index (χ1v) is 9.72. The van der Waals surface area contributed by atoms with Crippen LogP contribution in [-0.2, 0) is 19.1 Å². The second-order valence-corrected chi connectivity index (χ2v) is 7.81. The maximum atomic E-state index is 12.4. The second-order valence-electron chi connectivity index (χ2n) is 7.81. The maximum Gasteiger partial charge on any atom is 0.419 e. The molecule has 1 rings (SSSR count). The first-order valence-electron chi connectivity index (χ1n) is 9.72. The van der Waals surface area contributed by atoms with Crippen molar-refractivity contribution in [1.29, 1.82) is 0 Å². The summed E-state index contributed by atoms with van der Waals surface area (Å²) in [6.07, 6.45) is 1.03. The molecular formula is C19H32N2O7. The van der Waals surface area contributed by atoms with E-state index in [0.29, 0.717) is 38.6 Å². The highest BCUT2D eigenvalue weighted by molar-refractivity contribution is 6.08. The van der Waals surface area contributed by atoms with Crippen molar-refractivity contribution in [2.24, 2.45) is 0 Å². The lowest BCUT2D eigenvalue weighted by molar-refractivity contribution is -0.149. The van der Waals surface area contributed by atoms with Gasteiger partial charge in [0.25, 0.3) is 0 Å². The molecule has 0 aromatic rings. The van der Waals surface area contributed by atoms with Crippen LogP contribution in [0.2, 0.25) is 0 Å². The van der Waals surface area contributed by atoms with Crippen LogP contribution >= 0.6 is 0 Å². The van der Waals surface area contributed by atoms with Crippen LogP contribution in [0.25, 0.3) is 0 Å². The van der Waals surface area contributed by atoms with E-state index in [1.54, 1.807) is 27.7 Å². The number of rotatable bonds is 9. The lowest BCUT2D eigenvalue weighted by Crippen LogP contribution is -2.54. The van der Waals surface area contributed by atoms with E-state index in [1.807, 2.05) is 0 Å². The third-order valence-corrected chi connectivity index (χ3v) is 4.38. The number of nitrogens with zero attached hydrogens (tertiary/aromatic N) is 1. The number of nitrogens with one attached hydrogen (secondary N) is 1. The van der Waals surface area contributed by atoms with Crippen molar-refractivity contribution in [2.45, 2.75) is 77.4 Å². The molecule has 28 heavy (non-hydrogen) atoms. The van der Waals surface area contributed by atoms with E-state index in [4.69, 9.17) is 9.47 Å². The lowest BCUT2D eigenvalue weighted by atomic mass is 9.89. The van der Waals surface area contributed by atoms with Crippen LogP contribution in [0.4, 0.5) is 9.59 Å². The molecule has 0 spiro atoms. The quantitative estimate of drug-likeness (QED) is 0.447. The van der Waals surface area contributed by atoms with Gasteiger partial charge in [-0.05, 0) is 59.9 Å². The summed E-state index contributed by atoms with van der Waals surface area (Å²) in [5, 5.41) is 12.2. The molecule has 1 aliphatic heterocycles. The Bertz CT molecular complexity index is 577. The molecule has 1 aliphatic rings. The van der Waals surface area contributed by atoms with Crippen LogP contribution in [0.1, 0.15) is 66.2 Å². The number of hydrogen-bond acceptors (Lipinski definition) is 7.